The number of nitrogens with one attached hydrogen (secondary N) is 1. The maximum absolute atomic E-state index is 5.32. The number of likely N-dealkylation sites (tertiary alicyclic amines) is 1. The van der Waals surface area contributed by atoms with E-state index in [1.54, 1.807) is 7.11 Å². The molecule has 0 aromatic heterocycles. The number of methoxy groups -OCH3 is 1. The van der Waals surface area contributed by atoms with Crippen LogP contribution in [0.1, 0.15) is 36.8 Å². The second-order valence-electron chi connectivity index (χ2n) is 6.73. The zero-order valence-corrected chi connectivity index (χ0v) is 16.7. The highest BCUT2D eigenvalue weighted by atomic mass is 127. The molecular weight excluding hydrogens is 401 g/mol. The second-order valence-corrected chi connectivity index (χ2v) is 6.73. The predicted octanol–water partition coefficient (Wildman–Crippen LogP) is 3.57. The molecule has 0 unspecified atom stereocenters. The smallest absolute Gasteiger partial charge is 0.193 e. The highest BCUT2D eigenvalue weighted by molar-refractivity contribution is 14.0. The fourth-order valence-corrected chi connectivity index (χ4v) is 3.76. The number of ether oxygens (including phenoxy) is 1. The van der Waals surface area contributed by atoms with Gasteiger partial charge in [-0.3, -0.25) is 4.99 Å². The lowest BCUT2D eigenvalue weighted by molar-refractivity contribution is 0.151. The molecule has 0 amide bonds. The molecule has 0 bridgehead atoms. The van der Waals surface area contributed by atoms with Gasteiger partial charge in [-0.05, 0) is 48.8 Å². The summed E-state index contributed by atoms with van der Waals surface area (Å²) in [5.41, 5.74) is 3.04. The summed E-state index contributed by atoms with van der Waals surface area (Å²) in [7, 11) is 3.60. The van der Waals surface area contributed by atoms with E-state index >= 15 is 0 Å². The van der Waals surface area contributed by atoms with Crippen LogP contribution >= 0.6 is 24.0 Å². The van der Waals surface area contributed by atoms with Gasteiger partial charge >= 0.3 is 0 Å². The van der Waals surface area contributed by atoms with E-state index < -0.39 is 0 Å². The van der Waals surface area contributed by atoms with Gasteiger partial charge < -0.3 is 15.0 Å². The average molecular weight is 429 g/mol. The van der Waals surface area contributed by atoms with E-state index in [0.717, 1.165) is 24.8 Å². The van der Waals surface area contributed by atoms with E-state index in [1.807, 2.05) is 13.1 Å². The molecule has 1 aliphatic carbocycles. The van der Waals surface area contributed by atoms with Gasteiger partial charge in [0.15, 0.2) is 5.96 Å². The van der Waals surface area contributed by atoms with Crippen molar-refractivity contribution in [2.24, 2.45) is 10.4 Å². The molecule has 1 saturated carbocycles. The predicted molar refractivity (Wildman–Crippen MR) is 106 cm³/mol. The van der Waals surface area contributed by atoms with Gasteiger partial charge in [-0.25, -0.2) is 0 Å². The van der Waals surface area contributed by atoms with E-state index in [9.17, 15) is 0 Å². The molecule has 5 heteroatoms. The van der Waals surface area contributed by atoms with Gasteiger partial charge in [0, 0.05) is 26.7 Å². The van der Waals surface area contributed by atoms with Crippen molar-refractivity contribution >= 4 is 29.9 Å². The zero-order valence-electron chi connectivity index (χ0n) is 14.4. The van der Waals surface area contributed by atoms with Crippen molar-refractivity contribution < 1.29 is 4.74 Å². The standard InChI is InChI=1S/C18H27N3O.HI/c1-14-11-15(5-6-16(14)22-3)12-20-17(19-2)21-10-9-18(13-21)7-4-8-18;/h5-6,11H,4,7-10,12-13H2,1-3H3,(H,19,20);1H. The Bertz CT molecular complexity index is 569. The third-order valence-corrected chi connectivity index (χ3v) is 5.27. The van der Waals surface area contributed by atoms with Crippen molar-refractivity contribution in [1.82, 2.24) is 10.2 Å². The van der Waals surface area contributed by atoms with Crippen LogP contribution in [0.4, 0.5) is 0 Å². The van der Waals surface area contributed by atoms with Crippen LogP contribution in [0.5, 0.6) is 5.75 Å². The molecule has 2 fully saturated rings. The van der Waals surface area contributed by atoms with Crippen molar-refractivity contribution in [2.45, 2.75) is 39.2 Å². The number of aryl methyl sites for hydroxylation is 1. The van der Waals surface area contributed by atoms with Crippen LogP contribution in [-0.4, -0.2) is 38.1 Å². The fourth-order valence-electron chi connectivity index (χ4n) is 3.76. The van der Waals surface area contributed by atoms with Crippen LogP contribution in [0.3, 0.4) is 0 Å². The molecule has 2 aliphatic rings. The lowest BCUT2D eigenvalue weighted by Crippen LogP contribution is -2.42. The Morgan fingerprint density at radius 3 is 2.65 bits per heavy atom. The summed E-state index contributed by atoms with van der Waals surface area (Å²) < 4.78 is 5.32. The number of hydrogen-bond donors (Lipinski definition) is 1. The van der Waals surface area contributed by atoms with Crippen molar-refractivity contribution in [2.75, 3.05) is 27.2 Å². The Labute approximate surface area is 156 Å². The number of nitrogens with zero attached hydrogens (tertiary/aromatic N) is 2. The first-order chi connectivity index (χ1) is 10.7. The van der Waals surface area contributed by atoms with Crippen LogP contribution in [0.25, 0.3) is 0 Å². The van der Waals surface area contributed by atoms with Gasteiger partial charge in [-0.15, -0.1) is 24.0 Å². The summed E-state index contributed by atoms with van der Waals surface area (Å²) in [4.78, 5) is 6.90. The highest BCUT2D eigenvalue weighted by Gasteiger charge is 2.43. The molecule has 1 N–H and O–H groups in total. The van der Waals surface area contributed by atoms with E-state index in [4.69, 9.17) is 4.74 Å². The van der Waals surface area contributed by atoms with Crippen LogP contribution in [0.2, 0.25) is 0 Å². The molecule has 1 saturated heterocycles. The summed E-state index contributed by atoms with van der Waals surface area (Å²) in [5.74, 6) is 1.98. The molecule has 1 aromatic rings. The molecule has 1 heterocycles. The molecule has 3 rings (SSSR count). The molecule has 4 nitrogen and oxygen atoms in total. The zero-order chi connectivity index (χ0) is 15.6. The van der Waals surface area contributed by atoms with Crippen LogP contribution < -0.4 is 10.1 Å². The van der Waals surface area contributed by atoms with Gasteiger partial charge in [0.1, 0.15) is 5.75 Å². The molecule has 128 valence electrons. The molecule has 0 radical (unpaired) electrons. The average Bonchev–Trinajstić information content (AvgIpc) is 2.94. The minimum absolute atomic E-state index is 0. The van der Waals surface area contributed by atoms with Gasteiger partial charge in [-0.2, -0.15) is 0 Å². The quantitative estimate of drug-likeness (QED) is 0.454. The Kier molecular flexibility index (Phi) is 6.17. The largest absolute Gasteiger partial charge is 0.496 e. The topological polar surface area (TPSA) is 36.9 Å². The normalized spacial score (nSPS) is 19.3. The van der Waals surface area contributed by atoms with Crippen molar-refractivity contribution in [3.05, 3.63) is 29.3 Å². The SMILES string of the molecule is CN=C(NCc1ccc(OC)c(C)c1)N1CCC2(CCC2)C1.I. The van der Waals surface area contributed by atoms with E-state index in [-0.39, 0.29) is 24.0 Å². The van der Waals surface area contributed by atoms with E-state index in [2.05, 4.69) is 34.3 Å². The molecule has 1 spiro atoms. The number of halogens is 1. The van der Waals surface area contributed by atoms with Gasteiger partial charge in [0.05, 0.1) is 7.11 Å². The number of aliphatic imine (C=N–C) groups is 1. The number of guanidine groups is 1. The van der Waals surface area contributed by atoms with Crippen molar-refractivity contribution in [3.8, 4) is 5.75 Å². The Balaban J connectivity index is 0.00000192. The van der Waals surface area contributed by atoms with Gasteiger partial charge in [0.25, 0.3) is 0 Å². The summed E-state index contributed by atoms with van der Waals surface area (Å²) >= 11 is 0. The molecule has 1 aliphatic heterocycles. The second kappa shape index (κ2) is 7.73. The summed E-state index contributed by atoms with van der Waals surface area (Å²) in [6, 6.07) is 6.33. The summed E-state index contributed by atoms with van der Waals surface area (Å²) in [6.45, 7) is 5.20. The van der Waals surface area contributed by atoms with Crippen LogP contribution in [0.15, 0.2) is 23.2 Å². The first kappa shape index (κ1) is 18.4. The lowest BCUT2D eigenvalue weighted by atomic mass is 9.68. The third kappa shape index (κ3) is 3.92. The van der Waals surface area contributed by atoms with Crippen LogP contribution in [-0.2, 0) is 6.54 Å². The van der Waals surface area contributed by atoms with E-state index in [0.29, 0.717) is 5.41 Å². The molecule has 0 atom stereocenters. The summed E-state index contributed by atoms with van der Waals surface area (Å²) in [6.07, 6.45) is 5.54. The van der Waals surface area contributed by atoms with Crippen molar-refractivity contribution in [1.29, 1.82) is 0 Å². The minimum atomic E-state index is 0. The Morgan fingerprint density at radius 2 is 2.13 bits per heavy atom. The first-order valence-corrected chi connectivity index (χ1v) is 8.25. The minimum Gasteiger partial charge on any atom is -0.496 e. The third-order valence-electron chi connectivity index (χ3n) is 5.27. The number of rotatable bonds is 3. The first-order valence-electron chi connectivity index (χ1n) is 8.25. The molecule has 1 aromatic carbocycles. The van der Waals surface area contributed by atoms with Gasteiger partial charge in [-0.1, -0.05) is 18.6 Å². The summed E-state index contributed by atoms with van der Waals surface area (Å²) in [5, 5.41) is 3.51. The highest BCUT2D eigenvalue weighted by Crippen LogP contribution is 2.47. The maximum Gasteiger partial charge on any atom is 0.193 e. The Hall–Kier alpha value is -0.980. The Morgan fingerprint density at radius 1 is 1.35 bits per heavy atom. The van der Waals surface area contributed by atoms with Crippen molar-refractivity contribution in [3.63, 3.8) is 0 Å². The van der Waals surface area contributed by atoms with Crippen LogP contribution in [0, 0.1) is 12.3 Å². The fraction of sp³-hybridized carbons (Fsp3) is 0.611. The lowest BCUT2D eigenvalue weighted by Gasteiger charge is -2.38. The molecule has 23 heavy (non-hydrogen) atoms. The van der Waals surface area contributed by atoms with E-state index in [1.165, 1.54) is 43.4 Å². The monoisotopic (exact) mass is 429 g/mol. The number of benzene rings is 1. The molecular formula is C18H28IN3O. The van der Waals surface area contributed by atoms with Gasteiger partial charge in [0.2, 0.25) is 0 Å². The maximum atomic E-state index is 5.32. The number of hydrogen-bond acceptors (Lipinski definition) is 2.